The summed E-state index contributed by atoms with van der Waals surface area (Å²) in [6.07, 6.45) is 6.36. The first-order chi connectivity index (χ1) is 6.75. The summed E-state index contributed by atoms with van der Waals surface area (Å²) in [7, 11) is 0. The molecule has 0 unspecified atom stereocenters. The topological polar surface area (TPSA) is 56.2 Å². The molecule has 5 heteroatoms. The molecule has 1 fully saturated rings. The number of imidazole rings is 1. The maximum absolute atomic E-state index is 5.76. The van der Waals surface area contributed by atoms with Crippen molar-refractivity contribution in [2.24, 2.45) is 0 Å². The van der Waals surface area contributed by atoms with Crippen LogP contribution in [-0.2, 0) is 0 Å². The Morgan fingerprint density at radius 2 is 2.29 bits per heavy atom. The van der Waals surface area contributed by atoms with Crippen molar-refractivity contribution in [1.82, 2.24) is 14.4 Å². The van der Waals surface area contributed by atoms with Gasteiger partial charge in [-0.2, -0.15) is 0 Å². The van der Waals surface area contributed by atoms with E-state index in [4.69, 9.17) is 5.73 Å². The van der Waals surface area contributed by atoms with Crippen molar-refractivity contribution in [2.75, 3.05) is 5.73 Å². The maximum atomic E-state index is 5.76. The molecule has 0 bridgehead atoms. The van der Waals surface area contributed by atoms with Gasteiger partial charge in [0.15, 0.2) is 11.5 Å². The van der Waals surface area contributed by atoms with Crippen LogP contribution in [0.1, 0.15) is 24.5 Å². The quantitative estimate of drug-likeness (QED) is 0.817. The van der Waals surface area contributed by atoms with E-state index in [1.54, 1.807) is 6.20 Å². The predicted molar refractivity (Wildman–Crippen MR) is 62.1 cm³/mol. The first-order valence-electron chi connectivity index (χ1n) is 4.54. The largest absolute Gasteiger partial charge is 0.381 e. The summed E-state index contributed by atoms with van der Waals surface area (Å²) in [5.41, 5.74) is 7.71. The Labute approximate surface area is 94.7 Å². The number of anilines is 1. The van der Waals surface area contributed by atoms with Crippen molar-refractivity contribution < 1.29 is 0 Å². The van der Waals surface area contributed by atoms with Crippen LogP contribution in [0.3, 0.4) is 0 Å². The Morgan fingerprint density at radius 1 is 1.50 bits per heavy atom. The van der Waals surface area contributed by atoms with Gasteiger partial charge in [-0.25, -0.2) is 9.97 Å². The molecule has 3 rings (SSSR count). The predicted octanol–water partition coefficient (Wildman–Crippen LogP) is 1.79. The van der Waals surface area contributed by atoms with Gasteiger partial charge in [0.2, 0.25) is 0 Å². The van der Waals surface area contributed by atoms with Crippen molar-refractivity contribution in [1.29, 1.82) is 0 Å². The van der Waals surface area contributed by atoms with Crippen LogP contribution in [0, 0.1) is 3.70 Å². The van der Waals surface area contributed by atoms with Crippen LogP contribution in [0.4, 0.5) is 5.82 Å². The van der Waals surface area contributed by atoms with Gasteiger partial charge in [0.05, 0.1) is 11.9 Å². The lowest BCUT2D eigenvalue weighted by molar-refractivity contribution is 1.05. The van der Waals surface area contributed by atoms with E-state index in [2.05, 4.69) is 38.8 Å². The van der Waals surface area contributed by atoms with Gasteiger partial charge < -0.3 is 5.73 Å². The first kappa shape index (κ1) is 8.46. The number of rotatable bonds is 1. The third-order valence-electron chi connectivity index (χ3n) is 2.49. The molecule has 1 saturated carbocycles. The van der Waals surface area contributed by atoms with Gasteiger partial charge in [-0.1, -0.05) is 0 Å². The number of halogens is 1. The van der Waals surface area contributed by atoms with E-state index in [1.165, 1.54) is 12.8 Å². The zero-order valence-corrected chi connectivity index (χ0v) is 9.60. The highest BCUT2D eigenvalue weighted by Gasteiger charge is 2.26. The summed E-state index contributed by atoms with van der Waals surface area (Å²) in [6, 6.07) is 0. The zero-order chi connectivity index (χ0) is 9.71. The fourth-order valence-electron chi connectivity index (χ4n) is 1.56. The fourth-order valence-corrected chi connectivity index (χ4v) is 2.07. The Hall–Kier alpha value is -0.850. The molecule has 0 spiro atoms. The molecule has 0 radical (unpaired) electrons. The number of fused-ring (bicyclic) bond motifs is 1. The number of nitrogens with zero attached hydrogens (tertiary/aromatic N) is 3. The van der Waals surface area contributed by atoms with E-state index in [0.717, 1.165) is 15.0 Å². The van der Waals surface area contributed by atoms with Crippen molar-refractivity contribution in [3.63, 3.8) is 0 Å². The summed E-state index contributed by atoms with van der Waals surface area (Å²) < 4.78 is 3.06. The van der Waals surface area contributed by atoms with Crippen molar-refractivity contribution in [3.05, 3.63) is 21.8 Å². The molecule has 2 aromatic rings. The van der Waals surface area contributed by atoms with Gasteiger partial charge in [-0.3, -0.25) is 4.40 Å². The molecule has 2 N–H and O–H groups in total. The van der Waals surface area contributed by atoms with Crippen LogP contribution >= 0.6 is 22.6 Å². The number of hydrogen-bond donors (Lipinski definition) is 1. The van der Waals surface area contributed by atoms with Crippen molar-refractivity contribution in [2.45, 2.75) is 18.8 Å². The van der Waals surface area contributed by atoms with Crippen molar-refractivity contribution >= 4 is 34.1 Å². The van der Waals surface area contributed by atoms with E-state index < -0.39 is 0 Å². The monoisotopic (exact) mass is 300 g/mol. The highest BCUT2D eigenvalue weighted by atomic mass is 127. The summed E-state index contributed by atoms with van der Waals surface area (Å²) in [5, 5.41) is 0. The first-order valence-corrected chi connectivity index (χ1v) is 5.62. The van der Waals surface area contributed by atoms with Crippen LogP contribution < -0.4 is 5.73 Å². The zero-order valence-electron chi connectivity index (χ0n) is 7.44. The van der Waals surface area contributed by atoms with E-state index in [-0.39, 0.29) is 0 Å². The third-order valence-corrected chi connectivity index (χ3v) is 3.29. The molecule has 2 heterocycles. The summed E-state index contributed by atoms with van der Waals surface area (Å²) >= 11 is 2.24. The van der Waals surface area contributed by atoms with E-state index in [0.29, 0.717) is 11.7 Å². The van der Waals surface area contributed by atoms with Gasteiger partial charge in [-0.15, -0.1) is 0 Å². The second-order valence-corrected chi connectivity index (χ2v) is 4.71. The third kappa shape index (κ3) is 1.18. The van der Waals surface area contributed by atoms with E-state index in [1.807, 2.05) is 4.40 Å². The van der Waals surface area contributed by atoms with Gasteiger partial charge in [0.1, 0.15) is 3.70 Å². The molecular formula is C9H9IN4. The molecule has 0 saturated heterocycles. The van der Waals surface area contributed by atoms with Crippen LogP contribution in [-0.4, -0.2) is 14.4 Å². The minimum absolute atomic E-state index is 0.511. The number of nitrogen functional groups attached to an aromatic ring is 1. The van der Waals surface area contributed by atoms with Crippen LogP contribution in [0.25, 0.3) is 5.65 Å². The molecule has 1 aliphatic rings. The highest BCUT2D eigenvalue weighted by Crippen LogP contribution is 2.39. The van der Waals surface area contributed by atoms with Gasteiger partial charge in [0, 0.05) is 12.1 Å². The van der Waals surface area contributed by atoms with Crippen molar-refractivity contribution in [3.8, 4) is 0 Å². The Bertz CT molecular complexity index is 462. The highest BCUT2D eigenvalue weighted by molar-refractivity contribution is 14.1. The van der Waals surface area contributed by atoms with Crippen LogP contribution in [0.5, 0.6) is 0 Å². The standard InChI is InChI=1S/C9H9IN4/c10-7-3-12-8(11)9-13-6(4-14(7)9)5-1-2-5/h3-5H,1-2H2,(H2,11,12). The van der Waals surface area contributed by atoms with Gasteiger partial charge >= 0.3 is 0 Å². The smallest absolute Gasteiger partial charge is 0.180 e. The lowest BCUT2D eigenvalue weighted by Crippen LogP contribution is -1.98. The Kier molecular flexibility index (Phi) is 1.70. The minimum atomic E-state index is 0.511. The Morgan fingerprint density at radius 3 is 2.93 bits per heavy atom. The molecule has 14 heavy (non-hydrogen) atoms. The summed E-state index contributed by atoms with van der Waals surface area (Å²) in [6.45, 7) is 0. The second-order valence-electron chi connectivity index (χ2n) is 3.60. The molecule has 0 atom stereocenters. The molecular weight excluding hydrogens is 291 g/mol. The Balaban J connectivity index is 2.30. The maximum Gasteiger partial charge on any atom is 0.180 e. The normalized spacial score (nSPS) is 16.4. The van der Waals surface area contributed by atoms with Crippen LogP contribution in [0.15, 0.2) is 12.4 Å². The molecule has 0 aromatic carbocycles. The van der Waals surface area contributed by atoms with E-state index in [9.17, 15) is 0 Å². The summed E-state index contributed by atoms with van der Waals surface area (Å²) in [5.74, 6) is 1.17. The van der Waals surface area contributed by atoms with Gasteiger partial charge in [0.25, 0.3) is 0 Å². The average molecular weight is 300 g/mol. The molecule has 0 aliphatic heterocycles. The molecule has 2 aromatic heterocycles. The second kappa shape index (κ2) is 2.82. The SMILES string of the molecule is Nc1ncc(I)n2cc(C3CC3)nc12. The molecule has 0 amide bonds. The number of hydrogen-bond acceptors (Lipinski definition) is 3. The van der Waals surface area contributed by atoms with Gasteiger partial charge in [-0.05, 0) is 35.4 Å². The summed E-state index contributed by atoms with van der Waals surface area (Å²) in [4.78, 5) is 8.59. The average Bonchev–Trinajstić information content (AvgIpc) is 2.92. The van der Waals surface area contributed by atoms with Crippen LogP contribution in [0.2, 0.25) is 0 Å². The lowest BCUT2D eigenvalue weighted by Gasteiger charge is -1.97. The molecule has 1 aliphatic carbocycles. The fraction of sp³-hybridized carbons (Fsp3) is 0.333. The minimum Gasteiger partial charge on any atom is -0.381 e. The number of nitrogens with two attached hydrogens (primary N) is 1. The van der Waals surface area contributed by atoms with E-state index >= 15 is 0 Å². The number of aromatic nitrogens is 3. The molecule has 72 valence electrons. The molecule has 4 nitrogen and oxygen atoms in total. The lowest BCUT2D eigenvalue weighted by atomic mass is 10.3.